The first kappa shape index (κ1) is 6.96. The third kappa shape index (κ3) is 1.20. The summed E-state index contributed by atoms with van der Waals surface area (Å²) in [7, 11) is 0. The van der Waals surface area contributed by atoms with E-state index >= 15 is 0 Å². The molecule has 1 saturated carbocycles. The molecule has 1 aromatic heterocycles. The van der Waals surface area contributed by atoms with E-state index in [1.54, 1.807) is 12.2 Å². The summed E-state index contributed by atoms with van der Waals surface area (Å²) in [4.78, 5) is 0. The van der Waals surface area contributed by atoms with Gasteiger partial charge in [-0.3, -0.25) is 0 Å². The smallest absolute Gasteiger partial charge is 0.0937 e. The number of rotatable bonds is 1. The zero-order valence-electron chi connectivity index (χ0n) is 6.84. The quantitative estimate of drug-likeness (QED) is 0.597. The number of furan rings is 1. The van der Waals surface area contributed by atoms with E-state index in [-0.39, 0.29) is 0 Å². The maximum atomic E-state index is 5.06. The van der Waals surface area contributed by atoms with Crippen LogP contribution in [0.1, 0.15) is 37.7 Å². The fraction of sp³-hybridized carbons (Fsp3) is 0.500. The van der Waals surface area contributed by atoms with Gasteiger partial charge < -0.3 is 4.42 Å². The van der Waals surface area contributed by atoms with Gasteiger partial charge in [0.2, 0.25) is 0 Å². The summed E-state index contributed by atoms with van der Waals surface area (Å²) >= 11 is 0. The van der Waals surface area contributed by atoms with Gasteiger partial charge in [-0.1, -0.05) is 13.3 Å². The molecule has 1 atom stereocenters. The van der Waals surface area contributed by atoms with Crippen LogP contribution in [-0.4, -0.2) is 0 Å². The minimum Gasteiger partial charge on any atom is -0.472 e. The molecule has 0 aliphatic heterocycles. The fourth-order valence-electron chi connectivity index (χ4n) is 1.93. The molecule has 0 bridgehead atoms. The van der Waals surface area contributed by atoms with Crippen LogP contribution in [0.3, 0.4) is 0 Å². The molecule has 1 heterocycles. The second-order valence-corrected chi connectivity index (χ2v) is 3.35. The molecule has 0 N–H and O–H groups in total. The van der Waals surface area contributed by atoms with Crippen LogP contribution < -0.4 is 0 Å². The molecular formula is C10H13O. The number of hydrogen-bond donors (Lipinski definition) is 0. The molecular weight excluding hydrogens is 136 g/mol. The Bertz CT molecular complexity index is 213. The van der Waals surface area contributed by atoms with E-state index in [4.69, 9.17) is 4.42 Å². The summed E-state index contributed by atoms with van der Waals surface area (Å²) in [5, 5.41) is 0. The molecule has 1 aliphatic carbocycles. The van der Waals surface area contributed by atoms with Gasteiger partial charge in [0.25, 0.3) is 0 Å². The molecule has 1 nitrogen and oxygen atoms in total. The number of hydrogen-bond acceptors (Lipinski definition) is 1. The fourth-order valence-corrected chi connectivity index (χ4v) is 1.93. The van der Waals surface area contributed by atoms with Gasteiger partial charge in [-0.2, -0.15) is 0 Å². The van der Waals surface area contributed by atoms with E-state index in [0.29, 0.717) is 5.92 Å². The largest absolute Gasteiger partial charge is 0.472 e. The highest BCUT2D eigenvalue weighted by Gasteiger charge is 2.25. The third-order valence-corrected chi connectivity index (χ3v) is 2.60. The molecule has 1 radical (unpaired) electrons. The minimum absolute atomic E-state index is 0.689. The van der Waals surface area contributed by atoms with E-state index in [1.807, 2.05) is 6.26 Å². The van der Waals surface area contributed by atoms with Crippen molar-refractivity contribution in [3.8, 4) is 0 Å². The first-order chi connectivity index (χ1) is 5.38. The summed E-state index contributed by atoms with van der Waals surface area (Å²) in [6.45, 7) is 2.25. The highest BCUT2D eigenvalue weighted by atomic mass is 16.3. The maximum absolute atomic E-state index is 5.06. The molecule has 0 saturated heterocycles. The second kappa shape index (κ2) is 2.72. The van der Waals surface area contributed by atoms with Crippen LogP contribution in [0.25, 0.3) is 0 Å². The molecule has 1 fully saturated rings. The summed E-state index contributed by atoms with van der Waals surface area (Å²) in [5.74, 6) is 2.31. The summed E-state index contributed by atoms with van der Waals surface area (Å²) < 4.78 is 5.06. The van der Waals surface area contributed by atoms with Crippen molar-refractivity contribution in [3.05, 3.63) is 30.1 Å². The van der Waals surface area contributed by atoms with E-state index in [0.717, 1.165) is 0 Å². The Morgan fingerprint density at radius 2 is 2.45 bits per heavy atom. The van der Waals surface area contributed by atoms with Crippen molar-refractivity contribution in [1.29, 1.82) is 0 Å². The van der Waals surface area contributed by atoms with Gasteiger partial charge in [0.15, 0.2) is 0 Å². The van der Waals surface area contributed by atoms with Gasteiger partial charge in [-0.15, -0.1) is 0 Å². The van der Waals surface area contributed by atoms with E-state index in [2.05, 4.69) is 13.0 Å². The molecule has 11 heavy (non-hydrogen) atoms. The van der Waals surface area contributed by atoms with Crippen LogP contribution in [0.15, 0.2) is 23.0 Å². The first-order valence-corrected chi connectivity index (χ1v) is 4.22. The van der Waals surface area contributed by atoms with Gasteiger partial charge in [-0.05, 0) is 36.3 Å². The molecule has 2 rings (SSSR count). The summed E-state index contributed by atoms with van der Waals surface area (Å²) in [6.07, 6.45) is 7.60. The summed E-state index contributed by atoms with van der Waals surface area (Å²) in [5.41, 5.74) is 1.36. The minimum atomic E-state index is 0.689. The molecule has 0 amide bonds. The van der Waals surface area contributed by atoms with E-state index in [1.165, 1.54) is 24.8 Å². The van der Waals surface area contributed by atoms with Crippen molar-refractivity contribution in [3.63, 3.8) is 0 Å². The monoisotopic (exact) mass is 149 g/mol. The second-order valence-electron chi connectivity index (χ2n) is 3.35. The van der Waals surface area contributed by atoms with Gasteiger partial charge in [-0.25, -0.2) is 0 Å². The maximum Gasteiger partial charge on any atom is 0.0937 e. The predicted molar refractivity (Wildman–Crippen MR) is 44.2 cm³/mol. The average Bonchev–Trinajstić information content (AvgIpc) is 2.55. The van der Waals surface area contributed by atoms with Gasteiger partial charge in [0.05, 0.1) is 12.5 Å². The van der Waals surface area contributed by atoms with Gasteiger partial charge in [0, 0.05) is 0 Å². The average molecular weight is 149 g/mol. The molecule has 1 unspecified atom stereocenters. The highest BCUT2D eigenvalue weighted by molar-refractivity contribution is 5.22. The lowest BCUT2D eigenvalue weighted by atomic mass is 9.92. The highest BCUT2D eigenvalue weighted by Crippen LogP contribution is 2.40. The normalized spacial score (nSPS) is 26.1. The SMILES string of the molecule is C[C]1CCCC1c1ccoc1. The van der Waals surface area contributed by atoms with Crippen molar-refractivity contribution in [2.24, 2.45) is 0 Å². The zero-order valence-corrected chi connectivity index (χ0v) is 6.84. The first-order valence-electron chi connectivity index (χ1n) is 4.22. The van der Waals surface area contributed by atoms with E-state index < -0.39 is 0 Å². The van der Waals surface area contributed by atoms with Crippen LogP contribution >= 0.6 is 0 Å². The lowest BCUT2D eigenvalue weighted by molar-refractivity contribution is 0.559. The van der Waals surface area contributed by atoms with Crippen LogP contribution in [0, 0.1) is 5.92 Å². The molecule has 59 valence electrons. The standard InChI is InChI=1S/C10H13O/c1-8-3-2-4-10(8)9-5-6-11-7-9/h5-7,10H,2-4H2,1H3. The molecule has 1 aliphatic rings. The van der Waals surface area contributed by atoms with Crippen molar-refractivity contribution in [2.75, 3.05) is 0 Å². The van der Waals surface area contributed by atoms with Crippen molar-refractivity contribution in [2.45, 2.75) is 32.1 Å². The molecule has 0 aromatic carbocycles. The van der Waals surface area contributed by atoms with Crippen LogP contribution in [-0.2, 0) is 0 Å². The summed E-state index contributed by atoms with van der Waals surface area (Å²) in [6, 6.07) is 2.08. The molecule has 1 heteroatoms. The van der Waals surface area contributed by atoms with Crippen LogP contribution in [0.2, 0.25) is 0 Å². The van der Waals surface area contributed by atoms with Crippen molar-refractivity contribution >= 4 is 0 Å². The Labute approximate surface area is 67.4 Å². The Kier molecular flexibility index (Phi) is 1.72. The Hall–Kier alpha value is -0.720. The van der Waals surface area contributed by atoms with Crippen molar-refractivity contribution in [1.82, 2.24) is 0 Å². The van der Waals surface area contributed by atoms with Crippen molar-refractivity contribution < 1.29 is 4.42 Å². The Balaban J connectivity index is 2.16. The zero-order chi connectivity index (χ0) is 7.68. The molecule has 1 aromatic rings. The van der Waals surface area contributed by atoms with Gasteiger partial charge >= 0.3 is 0 Å². The predicted octanol–water partition coefficient (Wildman–Crippen LogP) is 3.14. The molecule has 0 spiro atoms. The Morgan fingerprint density at radius 1 is 1.55 bits per heavy atom. The van der Waals surface area contributed by atoms with Gasteiger partial charge in [0.1, 0.15) is 0 Å². The van der Waals surface area contributed by atoms with E-state index in [9.17, 15) is 0 Å². The lowest BCUT2D eigenvalue weighted by Gasteiger charge is -2.11. The topological polar surface area (TPSA) is 13.1 Å². The lowest BCUT2D eigenvalue weighted by Crippen LogP contribution is -1.97. The Morgan fingerprint density at radius 3 is 3.00 bits per heavy atom. The van der Waals surface area contributed by atoms with Crippen LogP contribution in [0.5, 0.6) is 0 Å². The van der Waals surface area contributed by atoms with Crippen LogP contribution in [0.4, 0.5) is 0 Å². The third-order valence-electron chi connectivity index (χ3n) is 2.60.